The molecule has 0 aliphatic heterocycles. The second kappa shape index (κ2) is 8.05. The Kier molecular flexibility index (Phi) is 5.70. The molecule has 0 aromatic heterocycles. The predicted molar refractivity (Wildman–Crippen MR) is 112 cm³/mol. The molecule has 0 spiro atoms. The highest BCUT2D eigenvalue weighted by Crippen LogP contribution is 2.23. The molecule has 0 bridgehead atoms. The van der Waals surface area contributed by atoms with Gasteiger partial charge in [0.2, 0.25) is 0 Å². The van der Waals surface area contributed by atoms with Gasteiger partial charge in [0.1, 0.15) is 0 Å². The van der Waals surface area contributed by atoms with Gasteiger partial charge in [-0.3, -0.25) is 4.79 Å². The molecule has 7 heteroatoms. The van der Waals surface area contributed by atoms with E-state index in [0.29, 0.717) is 11.3 Å². The van der Waals surface area contributed by atoms with Gasteiger partial charge >= 0.3 is 5.97 Å². The number of aryl methyl sites for hydroxylation is 1. The first-order valence-corrected chi connectivity index (χ1v) is 10.9. The number of hydrogen-bond acceptors (Lipinski definition) is 5. The molecule has 0 aliphatic rings. The van der Waals surface area contributed by atoms with E-state index < -0.39 is 27.8 Å². The van der Waals surface area contributed by atoms with Crippen LogP contribution in [0.5, 0.6) is 0 Å². The highest BCUT2D eigenvalue weighted by molar-refractivity contribution is 7.90. The fourth-order valence-electron chi connectivity index (χ4n) is 2.90. The van der Waals surface area contributed by atoms with Crippen LogP contribution in [0.25, 0.3) is 10.8 Å². The standard InChI is InChI=1S/C22H21NO5S/c1-14-11-12-17(29(3,26)27)13-19(14)22(25)28-15(2)21(24)23-20-10-6-8-16-7-4-5-9-18(16)20/h4-13,15H,1-3H3,(H,23,24)/t15-/m1/s1. The van der Waals surface area contributed by atoms with E-state index in [1.165, 1.54) is 25.1 Å². The number of esters is 1. The second-order valence-corrected chi connectivity index (χ2v) is 8.83. The van der Waals surface area contributed by atoms with Gasteiger partial charge < -0.3 is 10.1 Å². The Hall–Kier alpha value is -3.19. The molecule has 0 heterocycles. The summed E-state index contributed by atoms with van der Waals surface area (Å²) in [4.78, 5) is 25.1. The SMILES string of the molecule is Cc1ccc(S(C)(=O)=O)cc1C(=O)O[C@H](C)C(=O)Nc1cccc2ccccc12. The van der Waals surface area contributed by atoms with Crippen LogP contribution in [0, 0.1) is 6.92 Å². The minimum absolute atomic E-state index is 0.0166. The number of rotatable bonds is 5. The van der Waals surface area contributed by atoms with Gasteiger partial charge in [-0.2, -0.15) is 0 Å². The third-order valence-corrected chi connectivity index (χ3v) is 5.67. The van der Waals surface area contributed by atoms with E-state index in [9.17, 15) is 18.0 Å². The highest BCUT2D eigenvalue weighted by atomic mass is 32.2. The summed E-state index contributed by atoms with van der Waals surface area (Å²) in [5.41, 5.74) is 1.29. The maximum atomic E-state index is 12.5. The topological polar surface area (TPSA) is 89.5 Å². The Morgan fingerprint density at radius 1 is 1.00 bits per heavy atom. The van der Waals surface area contributed by atoms with Crippen molar-refractivity contribution in [3.8, 4) is 0 Å². The molecule has 150 valence electrons. The lowest BCUT2D eigenvalue weighted by atomic mass is 10.1. The summed E-state index contributed by atoms with van der Waals surface area (Å²) in [5, 5.41) is 4.63. The predicted octanol–water partition coefficient (Wildman–Crippen LogP) is 3.74. The molecule has 0 unspecified atom stereocenters. The second-order valence-electron chi connectivity index (χ2n) is 6.81. The van der Waals surface area contributed by atoms with Crippen molar-refractivity contribution in [3.63, 3.8) is 0 Å². The maximum Gasteiger partial charge on any atom is 0.339 e. The summed E-state index contributed by atoms with van der Waals surface area (Å²) in [7, 11) is -3.47. The summed E-state index contributed by atoms with van der Waals surface area (Å²) in [6.07, 6.45) is -0.00436. The monoisotopic (exact) mass is 411 g/mol. The number of carbonyl (C=O) groups is 2. The molecule has 1 N–H and O–H groups in total. The van der Waals surface area contributed by atoms with E-state index in [1.807, 2.05) is 36.4 Å². The molecule has 3 aromatic rings. The largest absolute Gasteiger partial charge is 0.449 e. The summed E-state index contributed by atoms with van der Waals surface area (Å²) < 4.78 is 28.8. The van der Waals surface area contributed by atoms with Gasteiger partial charge in [0.05, 0.1) is 10.5 Å². The Labute approximate surface area is 169 Å². The molecule has 0 radical (unpaired) electrons. The van der Waals surface area contributed by atoms with Crippen LogP contribution in [0.4, 0.5) is 5.69 Å². The van der Waals surface area contributed by atoms with Crippen LogP contribution in [-0.4, -0.2) is 32.7 Å². The maximum absolute atomic E-state index is 12.5. The number of ether oxygens (including phenoxy) is 1. The molecular formula is C22H21NO5S. The summed E-state index contributed by atoms with van der Waals surface area (Å²) in [6, 6.07) is 17.4. The fraction of sp³-hybridized carbons (Fsp3) is 0.182. The summed E-state index contributed by atoms with van der Waals surface area (Å²) in [6.45, 7) is 3.14. The van der Waals surface area contributed by atoms with Crippen LogP contribution in [0.3, 0.4) is 0 Å². The number of sulfone groups is 1. The van der Waals surface area contributed by atoms with Crippen LogP contribution < -0.4 is 5.32 Å². The molecular weight excluding hydrogens is 390 g/mol. The minimum atomic E-state index is -3.47. The number of carbonyl (C=O) groups excluding carboxylic acids is 2. The van der Waals surface area contributed by atoms with Gasteiger partial charge in [0, 0.05) is 17.3 Å². The highest BCUT2D eigenvalue weighted by Gasteiger charge is 2.22. The van der Waals surface area contributed by atoms with Gasteiger partial charge in [-0.1, -0.05) is 42.5 Å². The van der Waals surface area contributed by atoms with Crippen molar-refractivity contribution in [2.24, 2.45) is 0 Å². The molecule has 0 aliphatic carbocycles. The van der Waals surface area contributed by atoms with Gasteiger partial charge in [-0.15, -0.1) is 0 Å². The average molecular weight is 411 g/mol. The third-order valence-electron chi connectivity index (χ3n) is 4.56. The Morgan fingerprint density at radius 2 is 1.69 bits per heavy atom. The van der Waals surface area contributed by atoms with Gasteiger partial charge in [-0.25, -0.2) is 13.2 Å². The number of nitrogens with one attached hydrogen (secondary N) is 1. The molecule has 1 amide bonds. The number of hydrogen-bond donors (Lipinski definition) is 1. The number of anilines is 1. The van der Waals surface area contributed by atoms with Gasteiger partial charge in [0.25, 0.3) is 5.91 Å². The van der Waals surface area contributed by atoms with Crippen molar-refractivity contribution in [1.29, 1.82) is 0 Å². The lowest BCUT2D eigenvalue weighted by molar-refractivity contribution is -0.123. The van der Waals surface area contributed by atoms with E-state index >= 15 is 0 Å². The van der Waals surface area contributed by atoms with E-state index in [1.54, 1.807) is 13.0 Å². The molecule has 3 rings (SSSR count). The van der Waals surface area contributed by atoms with E-state index in [2.05, 4.69) is 5.32 Å². The lowest BCUT2D eigenvalue weighted by Crippen LogP contribution is -2.30. The molecule has 29 heavy (non-hydrogen) atoms. The van der Waals surface area contributed by atoms with Crippen LogP contribution in [-0.2, 0) is 19.4 Å². The third kappa shape index (κ3) is 4.63. The van der Waals surface area contributed by atoms with E-state index in [4.69, 9.17) is 4.74 Å². The Morgan fingerprint density at radius 3 is 2.41 bits per heavy atom. The molecule has 0 saturated carbocycles. The van der Waals surface area contributed by atoms with Gasteiger partial charge in [-0.05, 0) is 43.0 Å². The Bertz CT molecular complexity index is 1200. The molecule has 1 atom stereocenters. The van der Waals surface area contributed by atoms with Crippen molar-refractivity contribution in [1.82, 2.24) is 0 Å². The number of benzene rings is 3. The average Bonchev–Trinajstić information content (AvgIpc) is 2.67. The number of amides is 1. The molecule has 0 saturated heterocycles. The molecule has 0 fully saturated rings. The smallest absolute Gasteiger partial charge is 0.339 e. The zero-order chi connectivity index (χ0) is 21.2. The first-order valence-electron chi connectivity index (χ1n) is 8.97. The first-order chi connectivity index (χ1) is 13.7. The lowest BCUT2D eigenvalue weighted by Gasteiger charge is -2.16. The van der Waals surface area contributed by atoms with Crippen molar-refractivity contribution >= 4 is 38.2 Å². The normalized spacial score (nSPS) is 12.4. The first kappa shape index (κ1) is 20.5. The van der Waals surface area contributed by atoms with Crippen LogP contribution in [0.2, 0.25) is 0 Å². The summed E-state index contributed by atoms with van der Waals surface area (Å²) in [5.74, 6) is -1.24. The van der Waals surface area contributed by atoms with Crippen molar-refractivity contribution in [3.05, 3.63) is 71.8 Å². The van der Waals surface area contributed by atoms with Crippen molar-refractivity contribution in [2.75, 3.05) is 11.6 Å². The molecule has 6 nitrogen and oxygen atoms in total. The van der Waals surface area contributed by atoms with Crippen LogP contribution >= 0.6 is 0 Å². The van der Waals surface area contributed by atoms with Crippen molar-refractivity contribution in [2.45, 2.75) is 24.8 Å². The van der Waals surface area contributed by atoms with Crippen molar-refractivity contribution < 1.29 is 22.7 Å². The van der Waals surface area contributed by atoms with Gasteiger partial charge in [0.15, 0.2) is 15.9 Å². The summed E-state index contributed by atoms with van der Waals surface area (Å²) >= 11 is 0. The van der Waals surface area contributed by atoms with E-state index in [0.717, 1.165) is 17.0 Å². The quantitative estimate of drug-likeness (QED) is 0.646. The van der Waals surface area contributed by atoms with Crippen LogP contribution in [0.15, 0.2) is 65.6 Å². The van der Waals surface area contributed by atoms with Crippen LogP contribution in [0.1, 0.15) is 22.8 Å². The fourth-order valence-corrected chi connectivity index (χ4v) is 3.55. The van der Waals surface area contributed by atoms with E-state index in [-0.39, 0.29) is 10.5 Å². The zero-order valence-corrected chi connectivity index (χ0v) is 17.1. The minimum Gasteiger partial charge on any atom is -0.449 e. The molecule has 3 aromatic carbocycles. The zero-order valence-electron chi connectivity index (χ0n) is 16.3. The number of fused-ring (bicyclic) bond motifs is 1. The Balaban J connectivity index is 1.77.